The fourth-order valence-corrected chi connectivity index (χ4v) is 5.54. The van der Waals surface area contributed by atoms with Gasteiger partial charge in [0.2, 0.25) is 15.9 Å². The summed E-state index contributed by atoms with van der Waals surface area (Å²) >= 11 is 0. The van der Waals surface area contributed by atoms with Gasteiger partial charge in [-0.1, -0.05) is 85.3 Å². The zero-order valence-electron chi connectivity index (χ0n) is 21.3. The Morgan fingerprint density at radius 1 is 0.917 bits per heavy atom. The highest BCUT2D eigenvalue weighted by Gasteiger charge is 2.30. The first kappa shape index (κ1) is 27.6. The lowest BCUT2D eigenvalue weighted by Gasteiger charge is -2.32. The number of amides is 1. The number of carbonyl (C=O) groups excluding carboxylic acids is 1. The molecule has 6 nitrogen and oxygen atoms in total. The molecule has 2 N–H and O–H groups in total. The Balaban J connectivity index is 1.75. The van der Waals surface area contributed by atoms with Crippen molar-refractivity contribution in [3.63, 3.8) is 0 Å². The van der Waals surface area contributed by atoms with Crippen molar-refractivity contribution in [2.75, 3.05) is 7.05 Å². The molecule has 3 rings (SSSR count). The number of carbonyl (C=O) groups is 1. The lowest BCUT2D eigenvalue weighted by atomic mass is 9.95. The van der Waals surface area contributed by atoms with E-state index >= 15 is 0 Å². The van der Waals surface area contributed by atoms with Crippen LogP contribution in [0, 0.1) is 12.8 Å². The topological polar surface area (TPSA) is 86.7 Å². The first-order valence-electron chi connectivity index (χ1n) is 12.2. The molecule has 3 aromatic carbocycles. The van der Waals surface area contributed by atoms with Crippen LogP contribution in [0.25, 0.3) is 0 Å². The zero-order chi connectivity index (χ0) is 26.3. The van der Waals surface area contributed by atoms with Gasteiger partial charge in [-0.25, -0.2) is 13.1 Å². The standard InChI is InChI=1S/C29H36N2O4S/c1-21-15-17-27(18-16-21)36(34,35)30-26(20-24-11-7-5-8-12-24)19-22(2)29(33)31(4)23(3)28(32)25-13-9-6-10-14-25/h5-18,22-23,26,28,30,32H,19-20H2,1-4H3/t22-,23+,26+,28-/m1/s1. The van der Waals surface area contributed by atoms with Crippen molar-refractivity contribution in [3.05, 3.63) is 102 Å². The molecular weight excluding hydrogens is 472 g/mol. The summed E-state index contributed by atoms with van der Waals surface area (Å²) in [6.07, 6.45) is -0.0558. The van der Waals surface area contributed by atoms with E-state index in [-0.39, 0.29) is 10.8 Å². The number of hydrogen-bond donors (Lipinski definition) is 2. The minimum absolute atomic E-state index is 0.148. The van der Waals surface area contributed by atoms with Crippen molar-refractivity contribution in [2.24, 2.45) is 5.92 Å². The average molecular weight is 509 g/mol. The summed E-state index contributed by atoms with van der Waals surface area (Å²) in [7, 11) is -2.09. The van der Waals surface area contributed by atoms with Crippen LogP contribution in [-0.2, 0) is 21.2 Å². The van der Waals surface area contributed by atoms with Crippen LogP contribution in [0.1, 0.15) is 43.1 Å². The number of aryl methyl sites for hydroxylation is 1. The Morgan fingerprint density at radius 3 is 2.06 bits per heavy atom. The second-order valence-corrected chi connectivity index (χ2v) is 11.2. The van der Waals surface area contributed by atoms with Crippen LogP contribution in [0.3, 0.4) is 0 Å². The van der Waals surface area contributed by atoms with Crippen molar-refractivity contribution >= 4 is 15.9 Å². The van der Waals surface area contributed by atoms with Gasteiger partial charge < -0.3 is 10.0 Å². The average Bonchev–Trinajstić information content (AvgIpc) is 2.88. The van der Waals surface area contributed by atoms with E-state index < -0.39 is 34.1 Å². The largest absolute Gasteiger partial charge is 0.386 e. The van der Waals surface area contributed by atoms with Crippen molar-refractivity contribution in [1.29, 1.82) is 0 Å². The van der Waals surface area contributed by atoms with Gasteiger partial charge in [0.1, 0.15) is 0 Å². The maximum Gasteiger partial charge on any atom is 0.240 e. The van der Waals surface area contributed by atoms with Gasteiger partial charge >= 0.3 is 0 Å². The van der Waals surface area contributed by atoms with Gasteiger partial charge in [-0.3, -0.25) is 4.79 Å². The molecule has 192 valence electrons. The second kappa shape index (κ2) is 12.3. The van der Waals surface area contributed by atoms with Gasteiger partial charge in [0, 0.05) is 19.0 Å². The quantitative estimate of drug-likeness (QED) is 0.400. The zero-order valence-corrected chi connectivity index (χ0v) is 22.2. The molecule has 36 heavy (non-hydrogen) atoms. The molecule has 7 heteroatoms. The first-order chi connectivity index (χ1) is 17.1. The highest BCUT2D eigenvalue weighted by Crippen LogP contribution is 2.23. The summed E-state index contributed by atoms with van der Waals surface area (Å²) in [5.41, 5.74) is 2.70. The third-order valence-corrected chi connectivity index (χ3v) is 8.13. The highest BCUT2D eigenvalue weighted by molar-refractivity contribution is 7.89. The summed E-state index contributed by atoms with van der Waals surface area (Å²) in [5, 5.41) is 10.8. The van der Waals surface area contributed by atoms with Gasteiger partial charge in [-0.15, -0.1) is 0 Å². The van der Waals surface area contributed by atoms with Crippen molar-refractivity contribution in [2.45, 2.75) is 56.7 Å². The minimum Gasteiger partial charge on any atom is -0.386 e. The molecule has 0 bridgehead atoms. The van der Waals surface area contributed by atoms with Crippen molar-refractivity contribution in [3.8, 4) is 0 Å². The molecule has 0 fully saturated rings. The summed E-state index contributed by atoms with van der Waals surface area (Å²) in [6.45, 7) is 5.52. The van der Waals surface area contributed by atoms with Gasteiger partial charge in [-0.2, -0.15) is 0 Å². The van der Waals surface area contributed by atoms with Gasteiger partial charge in [0.05, 0.1) is 17.0 Å². The molecule has 0 saturated heterocycles. The Hall–Kier alpha value is -3.00. The maximum atomic E-state index is 13.3. The molecule has 0 saturated carbocycles. The molecule has 0 aromatic heterocycles. The maximum absolute atomic E-state index is 13.3. The van der Waals surface area contributed by atoms with E-state index in [9.17, 15) is 18.3 Å². The smallest absolute Gasteiger partial charge is 0.240 e. The fraction of sp³-hybridized carbons (Fsp3) is 0.345. The van der Waals surface area contributed by atoms with Crippen LogP contribution in [0.2, 0.25) is 0 Å². The van der Waals surface area contributed by atoms with Gasteiger partial charge in [0.25, 0.3) is 0 Å². The van der Waals surface area contributed by atoms with Crippen molar-refractivity contribution in [1.82, 2.24) is 9.62 Å². The van der Waals surface area contributed by atoms with E-state index in [1.807, 2.05) is 74.5 Å². The van der Waals surface area contributed by atoms with Crippen molar-refractivity contribution < 1.29 is 18.3 Å². The minimum atomic E-state index is -3.77. The predicted octanol–water partition coefficient (Wildman–Crippen LogP) is 4.49. The molecule has 0 heterocycles. The monoisotopic (exact) mass is 508 g/mol. The van der Waals surface area contributed by atoms with Crippen LogP contribution in [0.15, 0.2) is 89.8 Å². The number of nitrogens with one attached hydrogen (secondary N) is 1. The molecule has 0 radical (unpaired) electrons. The molecule has 1 amide bonds. The predicted molar refractivity (Wildman–Crippen MR) is 143 cm³/mol. The van der Waals surface area contributed by atoms with Crippen LogP contribution in [0.4, 0.5) is 0 Å². The first-order valence-corrected chi connectivity index (χ1v) is 13.7. The van der Waals surface area contributed by atoms with Crippen LogP contribution >= 0.6 is 0 Å². The SMILES string of the molecule is Cc1ccc(S(=O)(=O)N[C@H](Cc2ccccc2)C[C@@H](C)C(=O)N(C)[C@@H](C)[C@@H](O)c2ccccc2)cc1. The molecule has 0 spiro atoms. The van der Waals surface area contributed by atoms with Gasteiger partial charge in [0.15, 0.2) is 0 Å². The van der Waals surface area contributed by atoms with E-state index in [4.69, 9.17) is 0 Å². The van der Waals surface area contributed by atoms with Gasteiger partial charge in [-0.05, 0) is 49.9 Å². The molecule has 0 aliphatic heterocycles. The summed E-state index contributed by atoms with van der Waals surface area (Å²) in [5.74, 6) is -0.611. The Kier molecular flexibility index (Phi) is 9.43. The number of aliphatic hydroxyl groups excluding tert-OH is 1. The van der Waals surface area contributed by atoms with E-state index in [1.165, 1.54) is 0 Å². The van der Waals surface area contributed by atoms with E-state index in [0.717, 1.165) is 16.7 Å². The summed E-state index contributed by atoms with van der Waals surface area (Å²) < 4.78 is 29.1. The summed E-state index contributed by atoms with van der Waals surface area (Å²) in [4.78, 5) is 15.1. The van der Waals surface area contributed by atoms with Crippen LogP contribution in [0.5, 0.6) is 0 Å². The Labute approximate surface area is 215 Å². The molecule has 3 aromatic rings. The number of benzene rings is 3. The number of nitrogens with zero attached hydrogens (tertiary/aromatic N) is 1. The Bertz CT molecular complexity index is 1220. The highest BCUT2D eigenvalue weighted by atomic mass is 32.2. The summed E-state index contributed by atoms with van der Waals surface area (Å²) in [6, 6.07) is 24.7. The molecule has 0 aliphatic carbocycles. The Morgan fingerprint density at radius 2 is 1.47 bits per heavy atom. The van der Waals surface area contributed by atoms with E-state index in [0.29, 0.717) is 12.8 Å². The molecular formula is C29H36N2O4S. The van der Waals surface area contributed by atoms with Crippen LogP contribution in [-0.4, -0.2) is 43.5 Å². The third-order valence-electron chi connectivity index (χ3n) is 6.59. The van der Waals surface area contributed by atoms with E-state index in [1.54, 1.807) is 43.1 Å². The molecule has 0 unspecified atom stereocenters. The lowest BCUT2D eigenvalue weighted by Crippen LogP contribution is -2.44. The third kappa shape index (κ3) is 7.26. The number of sulfonamides is 1. The molecule has 4 atom stereocenters. The lowest BCUT2D eigenvalue weighted by molar-refractivity contribution is -0.138. The number of hydrogen-bond acceptors (Lipinski definition) is 4. The number of aliphatic hydroxyl groups is 1. The second-order valence-electron chi connectivity index (χ2n) is 9.50. The number of rotatable bonds is 11. The van der Waals surface area contributed by atoms with E-state index in [2.05, 4.69) is 4.72 Å². The normalized spacial score (nSPS) is 15.0. The number of likely N-dealkylation sites (N-methyl/N-ethyl adjacent to an activating group) is 1. The fourth-order valence-electron chi connectivity index (χ4n) is 4.29. The molecule has 0 aliphatic rings. The van der Waals surface area contributed by atoms with Crippen LogP contribution < -0.4 is 4.72 Å².